The normalized spacial score (nSPS) is 12.3. The molecule has 0 bridgehead atoms. The smallest absolute Gasteiger partial charge is 0.239 e. The van der Waals surface area contributed by atoms with Gasteiger partial charge in [0, 0.05) is 14.1 Å². The molecule has 15 heavy (non-hydrogen) atoms. The molecular formula is C11H15FN2O. The number of carbonyl (C=O) groups is 1. The van der Waals surface area contributed by atoms with Crippen LogP contribution in [0.5, 0.6) is 0 Å². The fraction of sp³-hybridized carbons (Fsp3) is 0.364. The van der Waals surface area contributed by atoms with Crippen LogP contribution in [-0.2, 0) is 11.2 Å². The molecule has 82 valence electrons. The molecule has 0 aliphatic rings. The molecule has 3 nitrogen and oxygen atoms in total. The Kier molecular flexibility index (Phi) is 3.80. The minimum atomic E-state index is -0.683. The number of amides is 1. The Morgan fingerprint density at radius 3 is 2.60 bits per heavy atom. The summed E-state index contributed by atoms with van der Waals surface area (Å²) < 4.78 is 13.2. The highest BCUT2D eigenvalue weighted by Crippen LogP contribution is 2.08. The van der Waals surface area contributed by atoms with Crippen LogP contribution in [0.25, 0.3) is 0 Å². The average Bonchev–Trinajstić information content (AvgIpc) is 2.20. The Bertz CT molecular complexity index is 352. The van der Waals surface area contributed by atoms with Gasteiger partial charge in [0.05, 0.1) is 6.04 Å². The highest BCUT2D eigenvalue weighted by molar-refractivity contribution is 5.81. The molecular weight excluding hydrogens is 195 g/mol. The molecule has 0 fully saturated rings. The predicted molar refractivity (Wildman–Crippen MR) is 56.8 cm³/mol. The number of likely N-dealkylation sites (N-methyl/N-ethyl adjacent to an activating group) is 1. The van der Waals surface area contributed by atoms with E-state index >= 15 is 0 Å². The van der Waals surface area contributed by atoms with E-state index in [1.807, 2.05) is 0 Å². The lowest BCUT2D eigenvalue weighted by Crippen LogP contribution is -2.41. The molecule has 0 aliphatic carbocycles. The number of carbonyl (C=O) groups excluding carboxylic acids is 1. The highest BCUT2D eigenvalue weighted by Gasteiger charge is 2.17. The van der Waals surface area contributed by atoms with Crippen molar-refractivity contribution in [1.82, 2.24) is 4.90 Å². The van der Waals surface area contributed by atoms with Gasteiger partial charge in [-0.05, 0) is 18.1 Å². The first kappa shape index (κ1) is 11.7. The monoisotopic (exact) mass is 210 g/mol. The van der Waals surface area contributed by atoms with Gasteiger partial charge in [0.15, 0.2) is 0 Å². The Hall–Kier alpha value is -1.42. The summed E-state index contributed by atoms with van der Waals surface area (Å²) in [5, 5.41) is 0. The molecule has 0 aliphatic heterocycles. The minimum Gasteiger partial charge on any atom is -0.347 e. The van der Waals surface area contributed by atoms with Crippen molar-refractivity contribution in [3.63, 3.8) is 0 Å². The van der Waals surface area contributed by atoms with Crippen molar-refractivity contribution < 1.29 is 9.18 Å². The molecule has 0 aromatic heterocycles. The summed E-state index contributed by atoms with van der Waals surface area (Å²) in [6.07, 6.45) is 0.226. The lowest BCUT2D eigenvalue weighted by molar-refractivity contribution is -0.130. The van der Waals surface area contributed by atoms with Crippen molar-refractivity contribution in [3.8, 4) is 0 Å². The van der Waals surface area contributed by atoms with Gasteiger partial charge in [0.25, 0.3) is 0 Å². The van der Waals surface area contributed by atoms with E-state index in [1.54, 1.807) is 32.3 Å². The number of benzene rings is 1. The molecule has 0 spiro atoms. The number of rotatable bonds is 3. The van der Waals surface area contributed by atoms with E-state index in [0.717, 1.165) is 0 Å². The summed E-state index contributed by atoms with van der Waals surface area (Å²) in [5.41, 5.74) is 6.13. The quantitative estimate of drug-likeness (QED) is 0.801. The Morgan fingerprint density at radius 1 is 1.47 bits per heavy atom. The van der Waals surface area contributed by atoms with Crippen LogP contribution >= 0.6 is 0 Å². The zero-order valence-corrected chi connectivity index (χ0v) is 8.90. The van der Waals surface area contributed by atoms with Gasteiger partial charge in [-0.15, -0.1) is 0 Å². The minimum absolute atomic E-state index is 0.196. The number of nitrogens with two attached hydrogens (primary N) is 1. The SMILES string of the molecule is CN(C)C(=O)C(N)Cc1ccccc1F. The third kappa shape index (κ3) is 3.02. The van der Waals surface area contributed by atoms with E-state index in [9.17, 15) is 9.18 Å². The van der Waals surface area contributed by atoms with E-state index in [1.165, 1.54) is 11.0 Å². The second kappa shape index (κ2) is 4.89. The van der Waals surface area contributed by atoms with Crippen LogP contribution in [0.2, 0.25) is 0 Å². The fourth-order valence-electron chi connectivity index (χ4n) is 1.32. The standard InChI is InChI=1S/C11H15FN2O/c1-14(2)11(15)10(13)7-8-5-3-4-6-9(8)12/h3-6,10H,7,13H2,1-2H3. The van der Waals surface area contributed by atoms with Crippen LogP contribution in [0.15, 0.2) is 24.3 Å². The molecule has 2 N–H and O–H groups in total. The van der Waals surface area contributed by atoms with Crippen molar-refractivity contribution >= 4 is 5.91 Å². The first-order chi connectivity index (χ1) is 7.02. The molecule has 1 atom stereocenters. The molecule has 0 heterocycles. The molecule has 1 amide bonds. The molecule has 0 radical (unpaired) electrons. The molecule has 0 saturated carbocycles. The third-order valence-electron chi connectivity index (χ3n) is 2.16. The van der Waals surface area contributed by atoms with Crippen LogP contribution < -0.4 is 5.73 Å². The summed E-state index contributed by atoms with van der Waals surface area (Å²) in [6.45, 7) is 0. The predicted octanol–water partition coefficient (Wildman–Crippen LogP) is 0.784. The summed E-state index contributed by atoms with van der Waals surface area (Å²) in [4.78, 5) is 12.8. The van der Waals surface area contributed by atoms with E-state index in [4.69, 9.17) is 5.73 Å². The van der Waals surface area contributed by atoms with Crippen molar-refractivity contribution in [2.45, 2.75) is 12.5 Å². The Labute approximate surface area is 88.7 Å². The molecule has 1 aromatic rings. The van der Waals surface area contributed by atoms with Gasteiger partial charge >= 0.3 is 0 Å². The largest absolute Gasteiger partial charge is 0.347 e. The van der Waals surface area contributed by atoms with E-state index < -0.39 is 6.04 Å². The van der Waals surface area contributed by atoms with Gasteiger partial charge in [-0.25, -0.2) is 4.39 Å². The second-order valence-corrected chi connectivity index (χ2v) is 3.63. The number of halogens is 1. The molecule has 4 heteroatoms. The maximum absolute atomic E-state index is 13.2. The number of nitrogens with zero attached hydrogens (tertiary/aromatic N) is 1. The van der Waals surface area contributed by atoms with E-state index in [0.29, 0.717) is 5.56 Å². The first-order valence-electron chi connectivity index (χ1n) is 4.72. The number of hydrogen-bond donors (Lipinski definition) is 1. The summed E-state index contributed by atoms with van der Waals surface area (Å²) in [5.74, 6) is -0.516. The zero-order chi connectivity index (χ0) is 11.4. The first-order valence-corrected chi connectivity index (χ1v) is 4.72. The maximum atomic E-state index is 13.2. The van der Waals surface area contributed by atoms with Gasteiger partial charge in [0.1, 0.15) is 5.82 Å². The third-order valence-corrected chi connectivity index (χ3v) is 2.16. The summed E-state index contributed by atoms with van der Waals surface area (Å²) in [6, 6.07) is 5.65. The highest BCUT2D eigenvalue weighted by atomic mass is 19.1. The van der Waals surface area contributed by atoms with Crippen LogP contribution in [0.3, 0.4) is 0 Å². The molecule has 1 rings (SSSR count). The van der Waals surface area contributed by atoms with Crippen molar-refractivity contribution in [2.75, 3.05) is 14.1 Å². The average molecular weight is 210 g/mol. The van der Waals surface area contributed by atoms with Crippen LogP contribution in [-0.4, -0.2) is 30.9 Å². The lowest BCUT2D eigenvalue weighted by Gasteiger charge is -2.16. The fourth-order valence-corrected chi connectivity index (χ4v) is 1.32. The van der Waals surface area contributed by atoms with Gasteiger partial charge in [-0.3, -0.25) is 4.79 Å². The second-order valence-electron chi connectivity index (χ2n) is 3.63. The summed E-state index contributed by atoms with van der Waals surface area (Å²) >= 11 is 0. The zero-order valence-electron chi connectivity index (χ0n) is 8.90. The molecule has 0 saturated heterocycles. The van der Waals surface area contributed by atoms with Crippen molar-refractivity contribution in [2.24, 2.45) is 5.73 Å². The summed E-state index contributed by atoms with van der Waals surface area (Å²) in [7, 11) is 3.26. The van der Waals surface area contributed by atoms with E-state index in [-0.39, 0.29) is 18.1 Å². The van der Waals surface area contributed by atoms with Crippen molar-refractivity contribution in [3.05, 3.63) is 35.6 Å². The van der Waals surface area contributed by atoms with E-state index in [2.05, 4.69) is 0 Å². The topological polar surface area (TPSA) is 46.3 Å². The van der Waals surface area contributed by atoms with Crippen LogP contribution in [0.1, 0.15) is 5.56 Å². The molecule has 1 unspecified atom stereocenters. The van der Waals surface area contributed by atoms with Gasteiger partial charge in [-0.1, -0.05) is 18.2 Å². The Balaban J connectivity index is 2.71. The maximum Gasteiger partial charge on any atom is 0.239 e. The van der Waals surface area contributed by atoms with Gasteiger partial charge in [-0.2, -0.15) is 0 Å². The van der Waals surface area contributed by atoms with Crippen LogP contribution in [0, 0.1) is 5.82 Å². The number of hydrogen-bond acceptors (Lipinski definition) is 2. The van der Waals surface area contributed by atoms with Crippen LogP contribution in [0.4, 0.5) is 4.39 Å². The molecule has 1 aromatic carbocycles. The lowest BCUT2D eigenvalue weighted by atomic mass is 10.1. The van der Waals surface area contributed by atoms with Crippen molar-refractivity contribution in [1.29, 1.82) is 0 Å². The Morgan fingerprint density at radius 2 is 2.07 bits per heavy atom. The van der Waals surface area contributed by atoms with Gasteiger partial charge in [0.2, 0.25) is 5.91 Å². The van der Waals surface area contributed by atoms with Gasteiger partial charge < -0.3 is 10.6 Å².